The van der Waals surface area contributed by atoms with E-state index in [0.717, 1.165) is 11.1 Å². The lowest BCUT2D eigenvalue weighted by Crippen LogP contribution is -2.22. The molecule has 1 aromatic heterocycles. The zero-order chi connectivity index (χ0) is 16.2. The van der Waals surface area contributed by atoms with E-state index in [4.69, 9.17) is 0 Å². The van der Waals surface area contributed by atoms with Crippen molar-refractivity contribution in [2.45, 2.75) is 6.54 Å². The molecule has 0 spiro atoms. The van der Waals surface area contributed by atoms with E-state index in [2.05, 4.69) is 20.8 Å². The smallest absolute Gasteiger partial charge is 0.251 e. The molecule has 0 radical (unpaired) electrons. The summed E-state index contributed by atoms with van der Waals surface area (Å²) < 4.78 is 14.4. The van der Waals surface area contributed by atoms with Gasteiger partial charge in [-0.1, -0.05) is 24.3 Å². The van der Waals surface area contributed by atoms with Gasteiger partial charge in [-0.2, -0.15) is 0 Å². The fourth-order valence-electron chi connectivity index (χ4n) is 2.16. The zero-order valence-corrected chi connectivity index (χ0v) is 12.4. The Kier molecular flexibility index (Phi) is 4.09. The minimum absolute atomic E-state index is 0.216. The van der Waals surface area contributed by atoms with Crippen molar-refractivity contribution in [3.63, 3.8) is 0 Å². The summed E-state index contributed by atoms with van der Waals surface area (Å²) in [6.45, 7) is 0.328. The summed E-state index contributed by atoms with van der Waals surface area (Å²) in [5.41, 5.74) is 2.09. The second kappa shape index (κ2) is 6.35. The molecule has 3 aromatic rings. The van der Waals surface area contributed by atoms with Crippen molar-refractivity contribution in [2.75, 3.05) is 0 Å². The van der Waals surface area contributed by atoms with Crippen LogP contribution in [0.1, 0.15) is 15.9 Å². The predicted molar refractivity (Wildman–Crippen MR) is 81.8 cm³/mol. The standard InChI is InChI=1S/C16H14FN5O/c1-22-15(19-20-21-22)12-3-2-4-13(9-12)16(23)18-10-11-5-7-14(17)8-6-11/h2-9H,10H2,1H3,(H,18,23). The van der Waals surface area contributed by atoms with E-state index >= 15 is 0 Å². The Balaban J connectivity index is 1.72. The maximum atomic E-state index is 12.9. The van der Waals surface area contributed by atoms with E-state index in [1.165, 1.54) is 16.8 Å². The van der Waals surface area contributed by atoms with Crippen LogP contribution in [0.2, 0.25) is 0 Å². The van der Waals surface area contributed by atoms with Crippen LogP contribution in [-0.2, 0) is 13.6 Å². The summed E-state index contributed by atoms with van der Waals surface area (Å²) in [4.78, 5) is 12.2. The van der Waals surface area contributed by atoms with Crippen molar-refractivity contribution in [3.05, 3.63) is 65.5 Å². The monoisotopic (exact) mass is 311 g/mol. The summed E-state index contributed by atoms with van der Waals surface area (Å²) in [6.07, 6.45) is 0. The number of hydrogen-bond acceptors (Lipinski definition) is 4. The molecule has 0 aliphatic heterocycles. The van der Waals surface area contributed by atoms with E-state index in [1.807, 2.05) is 6.07 Å². The number of carbonyl (C=O) groups is 1. The molecule has 2 aromatic carbocycles. The number of aryl methyl sites for hydroxylation is 1. The van der Waals surface area contributed by atoms with Crippen LogP contribution in [0.4, 0.5) is 4.39 Å². The quantitative estimate of drug-likeness (QED) is 0.799. The highest BCUT2D eigenvalue weighted by molar-refractivity contribution is 5.95. The van der Waals surface area contributed by atoms with Crippen molar-refractivity contribution in [1.82, 2.24) is 25.5 Å². The molecule has 0 bridgehead atoms. The van der Waals surface area contributed by atoms with E-state index in [1.54, 1.807) is 37.4 Å². The maximum absolute atomic E-state index is 12.9. The molecule has 7 heteroatoms. The number of hydrogen-bond donors (Lipinski definition) is 1. The van der Waals surface area contributed by atoms with E-state index in [9.17, 15) is 9.18 Å². The highest BCUT2D eigenvalue weighted by Crippen LogP contribution is 2.16. The Morgan fingerprint density at radius 2 is 2.00 bits per heavy atom. The van der Waals surface area contributed by atoms with E-state index in [0.29, 0.717) is 17.9 Å². The minimum atomic E-state index is -0.301. The van der Waals surface area contributed by atoms with Gasteiger partial charge in [0, 0.05) is 24.7 Å². The Labute approximate surface area is 132 Å². The Morgan fingerprint density at radius 1 is 1.22 bits per heavy atom. The van der Waals surface area contributed by atoms with Gasteiger partial charge in [-0.05, 0) is 40.3 Å². The summed E-state index contributed by atoms with van der Waals surface area (Å²) in [5, 5.41) is 14.1. The number of rotatable bonds is 4. The van der Waals surface area contributed by atoms with Crippen LogP contribution >= 0.6 is 0 Å². The van der Waals surface area contributed by atoms with Crippen molar-refractivity contribution in [3.8, 4) is 11.4 Å². The number of nitrogens with one attached hydrogen (secondary N) is 1. The Bertz CT molecular complexity index is 828. The average Bonchev–Trinajstić information content (AvgIpc) is 3.00. The third-order valence-electron chi connectivity index (χ3n) is 3.37. The molecule has 0 saturated carbocycles. The molecule has 0 aliphatic rings. The van der Waals surface area contributed by atoms with Crippen LogP contribution < -0.4 is 5.32 Å². The molecule has 0 saturated heterocycles. The lowest BCUT2D eigenvalue weighted by Gasteiger charge is -2.07. The fraction of sp³-hybridized carbons (Fsp3) is 0.125. The average molecular weight is 311 g/mol. The van der Waals surface area contributed by atoms with Gasteiger partial charge in [-0.15, -0.1) is 5.10 Å². The first-order valence-electron chi connectivity index (χ1n) is 6.99. The number of nitrogens with zero attached hydrogens (tertiary/aromatic N) is 4. The molecule has 1 heterocycles. The second-order valence-electron chi connectivity index (χ2n) is 5.02. The number of tetrazole rings is 1. The second-order valence-corrected chi connectivity index (χ2v) is 5.02. The van der Waals surface area contributed by atoms with E-state index < -0.39 is 0 Å². The van der Waals surface area contributed by atoms with Crippen molar-refractivity contribution in [2.24, 2.45) is 7.05 Å². The number of aromatic nitrogens is 4. The van der Waals surface area contributed by atoms with Crippen LogP contribution in [0.3, 0.4) is 0 Å². The first-order valence-corrected chi connectivity index (χ1v) is 6.99. The van der Waals surface area contributed by atoms with E-state index in [-0.39, 0.29) is 11.7 Å². The fourth-order valence-corrected chi connectivity index (χ4v) is 2.16. The Morgan fingerprint density at radius 3 is 2.70 bits per heavy atom. The molecular weight excluding hydrogens is 297 g/mol. The van der Waals surface area contributed by atoms with Crippen molar-refractivity contribution < 1.29 is 9.18 Å². The normalized spacial score (nSPS) is 10.5. The Hall–Kier alpha value is -3.09. The lowest BCUT2D eigenvalue weighted by molar-refractivity contribution is 0.0951. The van der Waals surface area contributed by atoms with Crippen LogP contribution in [0.25, 0.3) is 11.4 Å². The summed E-state index contributed by atoms with van der Waals surface area (Å²) in [7, 11) is 1.73. The van der Waals surface area contributed by atoms with Gasteiger partial charge in [0.1, 0.15) is 5.82 Å². The minimum Gasteiger partial charge on any atom is -0.348 e. The van der Waals surface area contributed by atoms with Crippen LogP contribution in [0.15, 0.2) is 48.5 Å². The molecule has 0 atom stereocenters. The summed E-state index contributed by atoms with van der Waals surface area (Å²) in [6, 6.07) is 13.1. The highest BCUT2D eigenvalue weighted by Gasteiger charge is 2.10. The molecule has 3 rings (SSSR count). The number of halogens is 1. The number of benzene rings is 2. The molecule has 6 nitrogen and oxygen atoms in total. The van der Waals surface area contributed by atoms with Crippen molar-refractivity contribution >= 4 is 5.91 Å². The highest BCUT2D eigenvalue weighted by atomic mass is 19.1. The predicted octanol–water partition coefficient (Wildman–Crippen LogP) is 1.95. The van der Waals surface area contributed by atoms with Gasteiger partial charge in [-0.3, -0.25) is 4.79 Å². The third kappa shape index (κ3) is 3.39. The topological polar surface area (TPSA) is 72.7 Å². The molecule has 116 valence electrons. The van der Waals surface area contributed by atoms with Crippen LogP contribution in [0, 0.1) is 5.82 Å². The lowest BCUT2D eigenvalue weighted by atomic mass is 10.1. The molecule has 1 amide bonds. The molecule has 0 fully saturated rings. The molecule has 1 N–H and O–H groups in total. The first-order chi connectivity index (χ1) is 11.1. The van der Waals surface area contributed by atoms with Gasteiger partial charge < -0.3 is 5.32 Å². The SMILES string of the molecule is Cn1nnnc1-c1cccc(C(=O)NCc2ccc(F)cc2)c1. The number of amides is 1. The molecule has 23 heavy (non-hydrogen) atoms. The summed E-state index contributed by atoms with van der Waals surface area (Å²) in [5.74, 6) is 0.0644. The van der Waals surface area contributed by atoms with Crippen LogP contribution in [-0.4, -0.2) is 26.1 Å². The first kappa shape index (κ1) is 14.8. The van der Waals surface area contributed by atoms with Crippen LogP contribution in [0.5, 0.6) is 0 Å². The molecule has 0 aliphatic carbocycles. The van der Waals surface area contributed by atoms with Gasteiger partial charge in [0.25, 0.3) is 5.91 Å². The number of carbonyl (C=O) groups excluding carboxylic acids is 1. The summed E-state index contributed by atoms with van der Waals surface area (Å²) >= 11 is 0. The third-order valence-corrected chi connectivity index (χ3v) is 3.37. The molecular formula is C16H14FN5O. The van der Waals surface area contributed by atoms with Gasteiger partial charge in [0.05, 0.1) is 0 Å². The largest absolute Gasteiger partial charge is 0.348 e. The van der Waals surface area contributed by atoms with Gasteiger partial charge >= 0.3 is 0 Å². The van der Waals surface area contributed by atoms with Crippen molar-refractivity contribution in [1.29, 1.82) is 0 Å². The van der Waals surface area contributed by atoms with Gasteiger partial charge in [-0.25, -0.2) is 9.07 Å². The maximum Gasteiger partial charge on any atom is 0.251 e. The van der Waals surface area contributed by atoms with Gasteiger partial charge in [0.15, 0.2) is 5.82 Å². The zero-order valence-electron chi connectivity index (χ0n) is 12.4. The van der Waals surface area contributed by atoms with Gasteiger partial charge in [0.2, 0.25) is 0 Å². The molecule has 0 unspecified atom stereocenters.